The molecule has 7 heteroatoms. The van der Waals surface area contributed by atoms with Crippen LogP contribution in [0, 0.1) is 5.92 Å². The molecule has 3 aromatic rings. The molecule has 3 aromatic carbocycles. The van der Waals surface area contributed by atoms with Crippen LogP contribution < -0.4 is 24.3 Å². The summed E-state index contributed by atoms with van der Waals surface area (Å²) in [5, 5.41) is 23.8. The fourth-order valence-corrected chi connectivity index (χ4v) is 4.76. The van der Waals surface area contributed by atoms with E-state index in [1.165, 1.54) is 7.11 Å². The molecule has 7 nitrogen and oxygen atoms in total. The molecule has 0 fully saturated rings. The first-order valence-electron chi connectivity index (χ1n) is 10.4. The van der Waals surface area contributed by atoms with Gasteiger partial charge in [0.15, 0.2) is 34.5 Å². The highest BCUT2D eigenvalue weighted by Gasteiger charge is 2.37. The summed E-state index contributed by atoms with van der Waals surface area (Å²) in [7, 11) is 3.08. The Bertz CT molecular complexity index is 1180. The Hall–Kier alpha value is -3.74. The molecule has 3 N–H and O–H groups in total. The zero-order valence-electron chi connectivity index (χ0n) is 18.1. The van der Waals surface area contributed by atoms with Crippen molar-refractivity contribution in [1.82, 2.24) is 0 Å². The third-order valence-electron chi connectivity index (χ3n) is 6.37. The van der Waals surface area contributed by atoms with E-state index >= 15 is 0 Å². The quantitative estimate of drug-likeness (QED) is 0.543. The van der Waals surface area contributed by atoms with Gasteiger partial charge in [-0.25, -0.2) is 0 Å². The number of methoxy groups -OCH3 is 2. The topological polar surface area (TPSA) is 89.4 Å². The molecule has 2 aliphatic heterocycles. The first-order chi connectivity index (χ1) is 15.5. The first-order valence-corrected chi connectivity index (χ1v) is 10.4. The van der Waals surface area contributed by atoms with Crippen molar-refractivity contribution < 1.29 is 29.2 Å². The van der Waals surface area contributed by atoms with Crippen LogP contribution in [0.25, 0.3) is 0 Å². The molecule has 2 aliphatic rings. The summed E-state index contributed by atoms with van der Waals surface area (Å²) in [5.41, 5.74) is 4.04. The summed E-state index contributed by atoms with van der Waals surface area (Å²) in [6.07, 6.45) is 0. The summed E-state index contributed by atoms with van der Waals surface area (Å²) in [6.45, 7) is 2.37. The summed E-state index contributed by atoms with van der Waals surface area (Å²) in [5.74, 6) is 2.57. The van der Waals surface area contributed by atoms with Crippen LogP contribution in [-0.4, -0.2) is 31.2 Å². The van der Waals surface area contributed by atoms with Crippen molar-refractivity contribution in [3.05, 3.63) is 65.2 Å². The van der Waals surface area contributed by atoms with E-state index in [1.54, 1.807) is 19.2 Å². The van der Waals surface area contributed by atoms with Crippen LogP contribution in [0.4, 0.5) is 5.69 Å². The predicted octanol–water partition coefficient (Wildman–Crippen LogP) is 4.78. The van der Waals surface area contributed by atoms with E-state index in [1.807, 2.05) is 36.4 Å². The van der Waals surface area contributed by atoms with Crippen LogP contribution in [-0.2, 0) is 0 Å². The number of phenols is 2. The number of phenolic OH excluding ortho intramolecular Hbond substituents is 2. The van der Waals surface area contributed by atoms with E-state index in [0.717, 1.165) is 28.1 Å². The van der Waals surface area contributed by atoms with E-state index in [9.17, 15) is 10.2 Å². The molecule has 5 rings (SSSR count). The number of nitrogens with one attached hydrogen (secondary N) is 1. The monoisotopic (exact) mass is 435 g/mol. The second-order valence-electron chi connectivity index (χ2n) is 8.11. The highest BCUT2D eigenvalue weighted by molar-refractivity contribution is 5.67. The fourth-order valence-electron chi connectivity index (χ4n) is 4.76. The predicted molar refractivity (Wildman–Crippen MR) is 119 cm³/mol. The number of benzene rings is 3. The molecule has 2 heterocycles. The van der Waals surface area contributed by atoms with Crippen molar-refractivity contribution >= 4 is 5.69 Å². The third kappa shape index (κ3) is 3.21. The van der Waals surface area contributed by atoms with Gasteiger partial charge in [-0.1, -0.05) is 19.1 Å². The number of fused-ring (bicyclic) bond motifs is 2. The van der Waals surface area contributed by atoms with E-state index < -0.39 is 0 Å². The fraction of sp³-hybridized carbons (Fsp3) is 0.280. The van der Waals surface area contributed by atoms with Gasteiger partial charge in [-0.05, 0) is 52.9 Å². The molecular weight excluding hydrogens is 410 g/mol. The lowest BCUT2D eigenvalue weighted by atomic mass is 9.73. The Morgan fingerprint density at radius 1 is 0.844 bits per heavy atom. The van der Waals surface area contributed by atoms with Crippen LogP contribution >= 0.6 is 0 Å². The molecule has 0 unspecified atom stereocenters. The lowest BCUT2D eigenvalue weighted by Crippen LogP contribution is -2.30. The molecule has 0 aromatic heterocycles. The van der Waals surface area contributed by atoms with Crippen LogP contribution in [0.3, 0.4) is 0 Å². The number of hydrogen-bond donors (Lipinski definition) is 3. The largest absolute Gasteiger partial charge is 0.504 e. The second kappa shape index (κ2) is 7.75. The molecule has 0 radical (unpaired) electrons. The Labute approximate surface area is 186 Å². The first kappa shape index (κ1) is 20.2. The SMILES string of the molecule is COc1cc([C@H]2c3cc4c(cc3N[C@@H](c3ccc(O)c(OC)c3)[C@@H]2C)OCO4)ccc1O. The highest BCUT2D eigenvalue weighted by Crippen LogP contribution is 2.52. The van der Waals surface area contributed by atoms with Crippen molar-refractivity contribution in [3.8, 4) is 34.5 Å². The second-order valence-corrected chi connectivity index (χ2v) is 8.11. The number of rotatable bonds is 4. The summed E-state index contributed by atoms with van der Waals surface area (Å²) < 4.78 is 22.0. The van der Waals surface area contributed by atoms with Gasteiger partial charge in [-0.3, -0.25) is 0 Å². The normalized spacial score (nSPS) is 20.9. The Morgan fingerprint density at radius 2 is 1.44 bits per heavy atom. The van der Waals surface area contributed by atoms with Gasteiger partial charge in [0.25, 0.3) is 0 Å². The van der Waals surface area contributed by atoms with Crippen molar-refractivity contribution in [1.29, 1.82) is 0 Å². The van der Waals surface area contributed by atoms with Gasteiger partial charge >= 0.3 is 0 Å². The Kier molecular flexibility index (Phi) is 4.89. The van der Waals surface area contributed by atoms with Gasteiger partial charge in [0.1, 0.15) is 0 Å². The zero-order chi connectivity index (χ0) is 22.4. The summed E-state index contributed by atoms with van der Waals surface area (Å²) in [4.78, 5) is 0. The maximum absolute atomic E-state index is 10.1. The average Bonchev–Trinajstić information content (AvgIpc) is 3.26. The lowest BCUT2D eigenvalue weighted by Gasteiger charge is -2.40. The van der Waals surface area contributed by atoms with Gasteiger partial charge in [-0.15, -0.1) is 0 Å². The maximum atomic E-state index is 10.1. The molecule has 0 spiro atoms. The molecule has 0 saturated heterocycles. The minimum atomic E-state index is -0.0674. The van der Waals surface area contributed by atoms with Crippen molar-refractivity contribution in [2.75, 3.05) is 26.3 Å². The van der Waals surface area contributed by atoms with Crippen LogP contribution in [0.15, 0.2) is 48.5 Å². The van der Waals surface area contributed by atoms with Crippen molar-refractivity contribution in [2.24, 2.45) is 5.92 Å². The molecule has 0 saturated carbocycles. The summed E-state index contributed by atoms with van der Waals surface area (Å²) in [6, 6.07) is 14.8. The molecule has 166 valence electrons. The van der Waals surface area contributed by atoms with Crippen LogP contribution in [0.2, 0.25) is 0 Å². The molecule has 32 heavy (non-hydrogen) atoms. The number of anilines is 1. The smallest absolute Gasteiger partial charge is 0.231 e. The van der Waals surface area contributed by atoms with Crippen LogP contribution in [0.5, 0.6) is 34.5 Å². The number of hydrogen-bond acceptors (Lipinski definition) is 7. The van der Waals surface area contributed by atoms with Crippen molar-refractivity contribution in [3.63, 3.8) is 0 Å². The molecule has 0 bridgehead atoms. The van der Waals surface area contributed by atoms with Gasteiger partial charge < -0.3 is 34.5 Å². The lowest BCUT2D eigenvalue weighted by molar-refractivity contribution is 0.174. The van der Waals surface area contributed by atoms with E-state index in [2.05, 4.69) is 12.2 Å². The van der Waals surface area contributed by atoms with E-state index in [4.69, 9.17) is 18.9 Å². The Balaban J connectivity index is 1.66. The average molecular weight is 435 g/mol. The molecular formula is C25H25NO6. The van der Waals surface area contributed by atoms with Crippen LogP contribution in [0.1, 0.15) is 35.6 Å². The van der Waals surface area contributed by atoms with Crippen molar-refractivity contribution in [2.45, 2.75) is 18.9 Å². The highest BCUT2D eigenvalue weighted by atomic mass is 16.7. The minimum absolute atomic E-state index is 0.0138. The van der Waals surface area contributed by atoms with E-state index in [-0.39, 0.29) is 36.2 Å². The van der Waals surface area contributed by atoms with Gasteiger partial charge in [0.2, 0.25) is 6.79 Å². The number of aromatic hydroxyl groups is 2. The van der Waals surface area contributed by atoms with Gasteiger partial charge in [-0.2, -0.15) is 0 Å². The maximum Gasteiger partial charge on any atom is 0.231 e. The third-order valence-corrected chi connectivity index (χ3v) is 6.37. The molecule has 0 aliphatic carbocycles. The zero-order valence-corrected chi connectivity index (χ0v) is 18.1. The number of ether oxygens (including phenoxy) is 4. The molecule has 3 atom stereocenters. The standard InChI is InChI=1S/C25H25NO6/c1-13-24(14-4-6-18(27)20(8-14)29-2)16-10-22-23(32-12-31-22)11-17(16)26-25(13)15-5-7-19(28)21(9-15)30-3/h4-11,13,24-28H,12H2,1-3H3/t13-,24+,25-/m1/s1. The summed E-state index contributed by atoms with van der Waals surface area (Å²) >= 11 is 0. The van der Waals surface area contributed by atoms with E-state index in [0.29, 0.717) is 17.2 Å². The van der Waals surface area contributed by atoms with Gasteiger partial charge in [0.05, 0.1) is 20.3 Å². The Morgan fingerprint density at radius 3 is 2.09 bits per heavy atom. The minimum Gasteiger partial charge on any atom is -0.504 e. The molecule has 0 amide bonds. The van der Waals surface area contributed by atoms with Gasteiger partial charge in [0, 0.05) is 17.7 Å².